The Hall–Kier alpha value is -2.24. The van der Waals surface area contributed by atoms with Gasteiger partial charge in [0.15, 0.2) is 11.5 Å². The van der Waals surface area contributed by atoms with Crippen molar-refractivity contribution < 1.29 is 23.8 Å². The number of benzene rings is 1. The van der Waals surface area contributed by atoms with Gasteiger partial charge >= 0.3 is 5.97 Å². The minimum atomic E-state index is -0.456. The Balaban J connectivity index is 2.21. The Morgan fingerprint density at radius 3 is 2.39 bits per heavy atom. The molecule has 126 valence electrons. The van der Waals surface area contributed by atoms with E-state index in [2.05, 4.69) is 5.32 Å². The number of ether oxygens (including phenoxy) is 3. The lowest BCUT2D eigenvalue weighted by Crippen LogP contribution is -2.32. The maximum atomic E-state index is 12.2. The Morgan fingerprint density at radius 2 is 1.87 bits per heavy atom. The van der Waals surface area contributed by atoms with Gasteiger partial charge in [-0.3, -0.25) is 9.59 Å². The van der Waals surface area contributed by atoms with Crippen LogP contribution < -0.4 is 14.8 Å². The topological polar surface area (TPSA) is 73.9 Å². The highest BCUT2D eigenvalue weighted by molar-refractivity contribution is 5.82. The number of rotatable bonds is 7. The number of esters is 1. The molecule has 0 saturated heterocycles. The van der Waals surface area contributed by atoms with E-state index in [9.17, 15) is 9.59 Å². The lowest BCUT2D eigenvalue weighted by Gasteiger charge is -2.20. The monoisotopic (exact) mass is 321 g/mol. The summed E-state index contributed by atoms with van der Waals surface area (Å²) in [4.78, 5) is 23.9. The molecule has 1 amide bonds. The third kappa shape index (κ3) is 4.15. The molecule has 0 bridgehead atoms. The Labute approximate surface area is 136 Å². The van der Waals surface area contributed by atoms with Crippen molar-refractivity contribution in [1.29, 1.82) is 0 Å². The number of amides is 1. The molecular formula is C17H23NO5. The molecule has 0 aliphatic heterocycles. The summed E-state index contributed by atoms with van der Waals surface area (Å²) in [6.45, 7) is 2.04. The summed E-state index contributed by atoms with van der Waals surface area (Å²) in [6.07, 6.45) is 0.960. The summed E-state index contributed by atoms with van der Waals surface area (Å²) in [6, 6.07) is 4.88. The minimum absolute atomic E-state index is 0.0267. The van der Waals surface area contributed by atoms with Crippen LogP contribution in [0, 0.1) is 11.8 Å². The summed E-state index contributed by atoms with van der Waals surface area (Å²) in [7, 11) is 4.43. The predicted octanol–water partition coefficient (Wildman–Crippen LogP) is 2.08. The maximum Gasteiger partial charge on any atom is 0.307 e. The molecule has 23 heavy (non-hydrogen) atoms. The standard InChI is InChI=1S/C17H23NO5/c1-10-7-12(10)17(20)18-13(9-16(19)23-4)11-5-6-14(21-2)15(8-11)22-3/h5-6,8,10,12-13H,7,9H2,1-4H3,(H,18,20)/t10-,12+,13-/m0/s1. The molecule has 0 radical (unpaired) electrons. The van der Waals surface area contributed by atoms with Crippen LogP contribution >= 0.6 is 0 Å². The van der Waals surface area contributed by atoms with Crippen molar-refractivity contribution in [1.82, 2.24) is 5.32 Å². The van der Waals surface area contributed by atoms with Crippen molar-refractivity contribution in [3.05, 3.63) is 23.8 Å². The van der Waals surface area contributed by atoms with Gasteiger partial charge in [0, 0.05) is 5.92 Å². The van der Waals surface area contributed by atoms with Crippen LogP contribution in [0.5, 0.6) is 11.5 Å². The molecule has 1 fully saturated rings. The first-order chi connectivity index (χ1) is 11.0. The Kier molecular flexibility index (Phi) is 5.47. The molecule has 0 aromatic heterocycles. The van der Waals surface area contributed by atoms with Crippen molar-refractivity contribution in [2.24, 2.45) is 11.8 Å². The van der Waals surface area contributed by atoms with Crippen molar-refractivity contribution in [2.45, 2.75) is 25.8 Å². The molecule has 1 aliphatic rings. The minimum Gasteiger partial charge on any atom is -0.493 e. The second-order valence-corrected chi connectivity index (χ2v) is 5.78. The van der Waals surface area contributed by atoms with Crippen LogP contribution in [0.15, 0.2) is 18.2 Å². The van der Waals surface area contributed by atoms with Crippen molar-refractivity contribution in [3.63, 3.8) is 0 Å². The molecule has 2 rings (SSSR count). The molecule has 1 aliphatic carbocycles. The van der Waals surface area contributed by atoms with E-state index in [-0.39, 0.29) is 24.2 Å². The smallest absolute Gasteiger partial charge is 0.307 e. The van der Waals surface area contributed by atoms with Crippen molar-refractivity contribution in [3.8, 4) is 11.5 Å². The van der Waals surface area contributed by atoms with E-state index in [1.165, 1.54) is 7.11 Å². The van der Waals surface area contributed by atoms with Crippen LogP contribution in [-0.4, -0.2) is 33.2 Å². The summed E-state index contributed by atoms with van der Waals surface area (Å²) < 4.78 is 15.2. The van der Waals surface area contributed by atoms with E-state index >= 15 is 0 Å². The molecule has 1 N–H and O–H groups in total. The van der Waals surface area contributed by atoms with Gasteiger partial charge in [-0.05, 0) is 30.0 Å². The van der Waals surface area contributed by atoms with Crippen LogP contribution in [-0.2, 0) is 14.3 Å². The highest BCUT2D eigenvalue weighted by atomic mass is 16.5. The molecule has 0 heterocycles. The highest BCUT2D eigenvalue weighted by Gasteiger charge is 2.40. The first-order valence-electron chi connectivity index (χ1n) is 7.59. The lowest BCUT2D eigenvalue weighted by atomic mass is 10.0. The lowest BCUT2D eigenvalue weighted by molar-refractivity contribution is -0.141. The quantitative estimate of drug-likeness (QED) is 0.778. The van der Waals surface area contributed by atoms with Crippen LogP contribution in [0.2, 0.25) is 0 Å². The molecule has 6 nitrogen and oxygen atoms in total. The van der Waals surface area contributed by atoms with E-state index in [0.29, 0.717) is 17.4 Å². The molecule has 1 aromatic carbocycles. The van der Waals surface area contributed by atoms with Crippen LogP contribution in [0.25, 0.3) is 0 Å². The number of hydrogen-bond donors (Lipinski definition) is 1. The first-order valence-corrected chi connectivity index (χ1v) is 7.59. The largest absolute Gasteiger partial charge is 0.493 e. The summed E-state index contributed by atoms with van der Waals surface area (Å²) in [5.41, 5.74) is 0.773. The van der Waals surface area contributed by atoms with E-state index in [0.717, 1.165) is 12.0 Å². The Bertz CT molecular complexity index is 586. The fraction of sp³-hybridized carbons (Fsp3) is 0.529. The van der Waals surface area contributed by atoms with Crippen LogP contribution in [0.1, 0.15) is 31.4 Å². The van der Waals surface area contributed by atoms with Gasteiger partial charge in [0.2, 0.25) is 5.91 Å². The second kappa shape index (κ2) is 7.35. The molecule has 1 saturated carbocycles. The zero-order valence-corrected chi connectivity index (χ0v) is 13.9. The molecule has 0 spiro atoms. The highest BCUT2D eigenvalue weighted by Crippen LogP contribution is 2.38. The van der Waals surface area contributed by atoms with Gasteiger partial charge in [0.25, 0.3) is 0 Å². The van der Waals surface area contributed by atoms with E-state index in [1.807, 2.05) is 13.0 Å². The maximum absolute atomic E-state index is 12.2. The van der Waals surface area contributed by atoms with Gasteiger partial charge in [0.1, 0.15) is 0 Å². The molecule has 1 aromatic rings. The van der Waals surface area contributed by atoms with Crippen molar-refractivity contribution in [2.75, 3.05) is 21.3 Å². The number of carbonyl (C=O) groups is 2. The van der Waals surface area contributed by atoms with Crippen LogP contribution in [0.4, 0.5) is 0 Å². The van der Waals surface area contributed by atoms with Gasteiger partial charge in [-0.2, -0.15) is 0 Å². The average molecular weight is 321 g/mol. The van der Waals surface area contributed by atoms with Crippen LogP contribution in [0.3, 0.4) is 0 Å². The SMILES string of the molecule is COC(=O)C[C@H](NC(=O)[C@@H]1C[C@@H]1C)c1ccc(OC)c(OC)c1. The van der Waals surface area contributed by atoms with Gasteiger partial charge in [-0.25, -0.2) is 0 Å². The summed E-state index contributed by atoms with van der Waals surface area (Å²) in [5, 5.41) is 2.94. The fourth-order valence-corrected chi connectivity index (χ4v) is 2.54. The van der Waals surface area contributed by atoms with E-state index in [4.69, 9.17) is 14.2 Å². The average Bonchev–Trinajstić information content (AvgIpc) is 3.30. The third-order valence-corrected chi connectivity index (χ3v) is 4.17. The number of carbonyl (C=O) groups excluding carboxylic acids is 2. The fourth-order valence-electron chi connectivity index (χ4n) is 2.54. The zero-order valence-electron chi connectivity index (χ0n) is 13.9. The zero-order chi connectivity index (χ0) is 17.0. The second-order valence-electron chi connectivity index (χ2n) is 5.78. The number of hydrogen-bond acceptors (Lipinski definition) is 5. The van der Waals surface area contributed by atoms with E-state index in [1.54, 1.807) is 26.4 Å². The summed E-state index contributed by atoms with van der Waals surface area (Å²) >= 11 is 0. The number of nitrogens with one attached hydrogen (secondary N) is 1. The van der Waals surface area contributed by atoms with Gasteiger partial charge in [0.05, 0.1) is 33.8 Å². The van der Waals surface area contributed by atoms with Gasteiger partial charge < -0.3 is 19.5 Å². The van der Waals surface area contributed by atoms with Gasteiger partial charge in [-0.1, -0.05) is 13.0 Å². The summed E-state index contributed by atoms with van der Waals surface area (Å²) in [5.74, 6) is 1.17. The molecule has 6 heteroatoms. The molecule has 0 unspecified atom stereocenters. The normalized spacial score (nSPS) is 20.3. The van der Waals surface area contributed by atoms with Gasteiger partial charge in [-0.15, -0.1) is 0 Å². The first kappa shape index (κ1) is 17.1. The molecule has 3 atom stereocenters. The third-order valence-electron chi connectivity index (χ3n) is 4.17. The van der Waals surface area contributed by atoms with Crippen molar-refractivity contribution >= 4 is 11.9 Å². The molecular weight excluding hydrogens is 298 g/mol. The van der Waals surface area contributed by atoms with E-state index < -0.39 is 6.04 Å². The predicted molar refractivity (Wildman–Crippen MR) is 84.3 cm³/mol. The Morgan fingerprint density at radius 1 is 1.22 bits per heavy atom. The number of methoxy groups -OCH3 is 3.